The van der Waals surface area contributed by atoms with E-state index >= 15 is 0 Å². The third-order valence-electron chi connectivity index (χ3n) is 2.85. The van der Waals surface area contributed by atoms with Gasteiger partial charge >= 0.3 is 0 Å². The Balaban J connectivity index is 2.44. The number of likely N-dealkylation sites (N-methyl/N-ethyl adjacent to an activating group) is 1. The van der Waals surface area contributed by atoms with Crippen LogP contribution >= 0.6 is 0 Å². The Hall–Kier alpha value is -0.930. The molecule has 0 heterocycles. The number of aliphatic hydroxyl groups excluding tert-OH is 1. The number of aliphatic hydroxyl groups is 1. The van der Waals surface area contributed by atoms with E-state index in [1.807, 2.05) is 33.0 Å². The van der Waals surface area contributed by atoms with Gasteiger partial charge in [-0.3, -0.25) is 0 Å². The molecule has 0 bridgehead atoms. The molecule has 0 atom stereocenters. The molecule has 0 radical (unpaired) electrons. The van der Waals surface area contributed by atoms with Gasteiger partial charge in [0, 0.05) is 25.1 Å². The second-order valence-electron chi connectivity index (χ2n) is 5.40. The van der Waals surface area contributed by atoms with E-state index < -0.39 is 0 Å². The highest BCUT2D eigenvalue weighted by atomic mass is 19.1. The van der Waals surface area contributed by atoms with E-state index in [-0.39, 0.29) is 17.8 Å². The average molecular weight is 239 g/mol. The van der Waals surface area contributed by atoms with Crippen molar-refractivity contribution in [2.75, 3.05) is 26.7 Å². The van der Waals surface area contributed by atoms with Crippen molar-refractivity contribution < 1.29 is 9.50 Å². The minimum absolute atomic E-state index is 0.107. The Morgan fingerprint density at radius 3 is 2.53 bits per heavy atom. The average Bonchev–Trinajstić information content (AvgIpc) is 2.27. The quantitative estimate of drug-likeness (QED) is 0.823. The molecule has 0 saturated carbocycles. The first-order valence-electron chi connectivity index (χ1n) is 5.97. The van der Waals surface area contributed by atoms with Crippen LogP contribution in [0.1, 0.15) is 19.4 Å². The molecule has 3 heteroatoms. The van der Waals surface area contributed by atoms with Crippen molar-refractivity contribution in [1.82, 2.24) is 4.90 Å². The topological polar surface area (TPSA) is 23.5 Å². The fourth-order valence-corrected chi connectivity index (χ4v) is 1.87. The standard InChI is InChI=1S/C14H22FNO/c1-14(2,11-17)10-16(3)9-8-12-6-4-5-7-13(12)15/h4-7,17H,8-11H2,1-3H3. The molecule has 17 heavy (non-hydrogen) atoms. The van der Waals surface area contributed by atoms with E-state index in [2.05, 4.69) is 4.90 Å². The molecule has 0 spiro atoms. The maximum Gasteiger partial charge on any atom is 0.126 e. The maximum atomic E-state index is 13.4. The van der Waals surface area contributed by atoms with Crippen molar-refractivity contribution in [3.63, 3.8) is 0 Å². The highest BCUT2D eigenvalue weighted by Gasteiger charge is 2.18. The molecule has 96 valence electrons. The smallest absolute Gasteiger partial charge is 0.126 e. The summed E-state index contributed by atoms with van der Waals surface area (Å²) >= 11 is 0. The molecule has 2 nitrogen and oxygen atoms in total. The number of hydrogen-bond acceptors (Lipinski definition) is 2. The first kappa shape index (κ1) is 14.1. The summed E-state index contributed by atoms with van der Waals surface area (Å²) in [6, 6.07) is 6.88. The molecule has 0 saturated heterocycles. The minimum Gasteiger partial charge on any atom is -0.396 e. The summed E-state index contributed by atoms with van der Waals surface area (Å²) in [5.41, 5.74) is 0.644. The first-order chi connectivity index (χ1) is 7.94. The summed E-state index contributed by atoms with van der Waals surface area (Å²) < 4.78 is 13.4. The van der Waals surface area contributed by atoms with Gasteiger partial charge in [-0.1, -0.05) is 32.0 Å². The molecule has 1 aromatic carbocycles. The normalized spacial score (nSPS) is 12.1. The number of nitrogens with zero attached hydrogens (tertiary/aromatic N) is 1. The highest BCUT2D eigenvalue weighted by molar-refractivity contribution is 5.17. The lowest BCUT2D eigenvalue weighted by molar-refractivity contribution is 0.116. The summed E-state index contributed by atoms with van der Waals surface area (Å²) in [4.78, 5) is 2.13. The van der Waals surface area contributed by atoms with Crippen LogP contribution in [0.15, 0.2) is 24.3 Å². The van der Waals surface area contributed by atoms with Crippen molar-refractivity contribution in [3.8, 4) is 0 Å². The summed E-state index contributed by atoms with van der Waals surface area (Å²) in [6.07, 6.45) is 0.699. The van der Waals surface area contributed by atoms with Gasteiger partial charge in [0.05, 0.1) is 0 Å². The predicted molar refractivity (Wildman–Crippen MR) is 68.5 cm³/mol. The molecule has 0 fully saturated rings. The molecule has 0 amide bonds. The van der Waals surface area contributed by atoms with E-state index in [1.165, 1.54) is 6.07 Å². The number of benzene rings is 1. The molecule has 0 aromatic heterocycles. The summed E-state index contributed by atoms with van der Waals surface area (Å²) in [5, 5.41) is 9.19. The molecule has 0 aliphatic carbocycles. The van der Waals surface area contributed by atoms with Crippen molar-refractivity contribution in [2.45, 2.75) is 20.3 Å². The monoisotopic (exact) mass is 239 g/mol. The van der Waals surface area contributed by atoms with Crippen molar-refractivity contribution in [2.24, 2.45) is 5.41 Å². The third kappa shape index (κ3) is 4.84. The van der Waals surface area contributed by atoms with Gasteiger partial charge in [0.15, 0.2) is 0 Å². The van der Waals surface area contributed by atoms with Crippen LogP contribution in [0.3, 0.4) is 0 Å². The Labute approximate surface area is 103 Å². The molecular formula is C14H22FNO. The van der Waals surface area contributed by atoms with Gasteiger partial charge in [-0.15, -0.1) is 0 Å². The van der Waals surface area contributed by atoms with Gasteiger partial charge < -0.3 is 10.0 Å². The van der Waals surface area contributed by atoms with Gasteiger partial charge in [0.25, 0.3) is 0 Å². The molecule has 1 rings (SSSR count). The molecule has 0 aliphatic rings. The minimum atomic E-state index is -0.137. The van der Waals surface area contributed by atoms with Gasteiger partial charge in [0.1, 0.15) is 5.82 Å². The predicted octanol–water partition coefficient (Wildman–Crippen LogP) is 2.32. The van der Waals surface area contributed by atoms with Crippen molar-refractivity contribution >= 4 is 0 Å². The number of hydrogen-bond donors (Lipinski definition) is 1. The SMILES string of the molecule is CN(CCc1ccccc1F)CC(C)(C)CO. The second kappa shape index (κ2) is 6.12. The molecule has 0 unspecified atom stereocenters. The van der Waals surface area contributed by atoms with Gasteiger partial charge in [-0.05, 0) is 25.1 Å². The third-order valence-corrected chi connectivity index (χ3v) is 2.85. The van der Waals surface area contributed by atoms with Crippen LogP contribution in [-0.2, 0) is 6.42 Å². The maximum absolute atomic E-state index is 13.4. The first-order valence-corrected chi connectivity index (χ1v) is 5.97. The molecular weight excluding hydrogens is 217 g/mol. The zero-order valence-electron chi connectivity index (χ0n) is 10.9. The van der Waals surface area contributed by atoms with E-state index in [0.29, 0.717) is 6.42 Å². The second-order valence-corrected chi connectivity index (χ2v) is 5.40. The summed E-state index contributed by atoms with van der Waals surface area (Å²) in [5.74, 6) is -0.137. The van der Waals surface area contributed by atoms with Crippen LogP contribution in [-0.4, -0.2) is 36.8 Å². The summed E-state index contributed by atoms with van der Waals surface area (Å²) in [6.45, 7) is 5.80. The lowest BCUT2D eigenvalue weighted by Crippen LogP contribution is -2.35. The number of halogens is 1. The van der Waals surface area contributed by atoms with Crippen LogP contribution in [0.5, 0.6) is 0 Å². The Bertz CT molecular complexity index is 352. The van der Waals surface area contributed by atoms with Crippen LogP contribution < -0.4 is 0 Å². The molecule has 1 N–H and O–H groups in total. The van der Waals surface area contributed by atoms with Gasteiger partial charge in [-0.25, -0.2) is 4.39 Å². The van der Waals surface area contributed by atoms with E-state index in [1.54, 1.807) is 6.07 Å². The highest BCUT2D eigenvalue weighted by Crippen LogP contribution is 2.15. The zero-order chi connectivity index (χ0) is 12.9. The van der Waals surface area contributed by atoms with Gasteiger partial charge in [-0.2, -0.15) is 0 Å². The van der Waals surface area contributed by atoms with E-state index in [9.17, 15) is 9.50 Å². The van der Waals surface area contributed by atoms with Crippen LogP contribution in [0, 0.1) is 11.2 Å². The van der Waals surface area contributed by atoms with Crippen LogP contribution in [0.4, 0.5) is 4.39 Å². The largest absolute Gasteiger partial charge is 0.396 e. The molecule has 1 aromatic rings. The Morgan fingerprint density at radius 1 is 1.29 bits per heavy atom. The number of rotatable bonds is 6. The Kier molecular flexibility index (Phi) is 5.09. The van der Waals surface area contributed by atoms with Crippen molar-refractivity contribution in [1.29, 1.82) is 0 Å². The van der Waals surface area contributed by atoms with Gasteiger partial charge in [0.2, 0.25) is 0 Å². The molecule has 0 aliphatic heterocycles. The van der Waals surface area contributed by atoms with Crippen LogP contribution in [0.2, 0.25) is 0 Å². The fraction of sp³-hybridized carbons (Fsp3) is 0.571. The summed E-state index contributed by atoms with van der Waals surface area (Å²) in [7, 11) is 2.00. The zero-order valence-corrected chi connectivity index (χ0v) is 10.9. The lowest BCUT2D eigenvalue weighted by Gasteiger charge is -2.28. The van der Waals surface area contributed by atoms with E-state index in [0.717, 1.165) is 18.7 Å². The van der Waals surface area contributed by atoms with Crippen molar-refractivity contribution in [3.05, 3.63) is 35.6 Å². The van der Waals surface area contributed by atoms with Crippen LogP contribution in [0.25, 0.3) is 0 Å². The van der Waals surface area contributed by atoms with E-state index in [4.69, 9.17) is 0 Å². The lowest BCUT2D eigenvalue weighted by atomic mass is 9.94. The Morgan fingerprint density at radius 2 is 1.94 bits per heavy atom. The fourth-order valence-electron chi connectivity index (χ4n) is 1.87.